The second-order valence-electron chi connectivity index (χ2n) is 4.86. The van der Waals surface area contributed by atoms with Crippen molar-refractivity contribution in [2.45, 2.75) is 6.92 Å². The second-order valence-corrected chi connectivity index (χ2v) is 4.86. The average Bonchev–Trinajstić information content (AvgIpc) is 2.89. The van der Waals surface area contributed by atoms with Gasteiger partial charge in [-0.3, -0.25) is 10.1 Å². The molecule has 2 aromatic carbocycles. The zero-order valence-electron chi connectivity index (χ0n) is 12.0. The number of hydrogen-bond acceptors (Lipinski definition) is 4. The maximum atomic E-state index is 12.1. The van der Waals surface area contributed by atoms with Gasteiger partial charge in [-0.1, -0.05) is 35.9 Å². The van der Waals surface area contributed by atoms with Gasteiger partial charge in [0.1, 0.15) is 0 Å². The van der Waals surface area contributed by atoms with E-state index >= 15 is 0 Å². The number of carbonyl (C=O) groups is 1. The fraction of sp³-hybridized carbons (Fsp3) is 0.0625. The van der Waals surface area contributed by atoms with Crippen molar-refractivity contribution in [3.05, 3.63) is 65.7 Å². The van der Waals surface area contributed by atoms with Crippen LogP contribution in [0.4, 0.5) is 11.9 Å². The van der Waals surface area contributed by atoms with Gasteiger partial charge in [0, 0.05) is 5.56 Å². The van der Waals surface area contributed by atoms with Crippen LogP contribution in [0.3, 0.4) is 0 Å². The van der Waals surface area contributed by atoms with Crippen molar-refractivity contribution >= 4 is 17.8 Å². The number of nitrogens with one attached hydrogen (secondary N) is 1. The fourth-order valence-corrected chi connectivity index (χ4v) is 2.01. The van der Waals surface area contributed by atoms with Gasteiger partial charge in [0.05, 0.1) is 5.69 Å². The fourth-order valence-electron chi connectivity index (χ4n) is 2.01. The van der Waals surface area contributed by atoms with Crippen molar-refractivity contribution in [2.24, 2.45) is 0 Å². The normalized spacial score (nSPS) is 10.4. The zero-order chi connectivity index (χ0) is 15.5. The molecule has 0 radical (unpaired) electrons. The molecule has 1 heterocycles. The number of nitrogens with zero attached hydrogens (tertiary/aromatic N) is 3. The average molecular weight is 293 g/mol. The minimum Gasteiger partial charge on any atom is -0.368 e. The largest absolute Gasteiger partial charge is 0.368 e. The summed E-state index contributed by atoms with van der Waals surface area (Å²) in [5.41, 5.74) is 8.26. The molecule has 0 saturated carbocycles. The Hall–Kier alpha value is -3.15. The molecule has 6 heteroatoms. The first-order valence-electron chi connectivity index (χ1n) is 6.79. The molecule has 0 atom stereocenters. The number of anilines is 2. The highest BCUT2D eigenvalue weighted by molar-refractivity contribution is 6.03. The quantitative estimate of drug-likeness (QED) is 0.776. The number of aromatic nitrogens is 3. The zero-order valence-corrected chi connectivity index (χ0v) is 12.0. The van der Waals surface area contributed by atoms with E-state index in [1.807, 2.05) is 49.4 Å². The minimum atomic E-state index is -0.273. The molecule has 1 aromatic heterocycles. The first-order chi connectivity index (χ1) is 10.6. The van der Waals surface area contributed by atoms with E-state index in [1.165, 1.54) is 4.68 Å². The number of amides is 1. The van der Waals surface area contributed by atoms with Crippen LogP contribution in [0.25, 0.3) is 5.69 Å². The molecular weight excluding hydrogens is 278 g/mol. The molecule has 22 heavy (non-hydrogen) atoms. The van der Waals surface area contributed by atoms with E-state index in [9.17, 15) is 4.79 Å². The second kappa shape index (κ2) is 5.69. The number of carbonyl (C=O) groups excluding carboxylic acids is 1. The van der Waals surface area contributed by atoms with Gasteiger partial charge in [-0.05, 0) is 31.2 Å². The summed E-state index contributed by atoms with van der Waals surface area (Å²) < 4.78 is 1.48. The van der Waals surface area contributed by atoms with Gasteiger partial charge >= 0.3 is 0 Å². The molecule has 3 aromatic rings. The van der Waals surface area contributed by atoms with E-state index in [0.717, 1.165) is 11.3 Å². The Morgan fingerprint density at radius 3 is 2.45 bits per heavy atom. The molecule has 0 spiro atoms. The summed E-state index contributed by atoms with van der Waals surface area (Å²) in [4.78, 5) is 16.2. The van der Waals surface area contributed by atoms with Crippen molar-refractivity contribution in [2.75, 3.05) is 11.1 Å². The van der Waals surface area contributed by atoms with E-state index in [2.05, 4.69) is 15.4 Å². The highest BCUT2D eigenvalue weighted by atomic mass is 16.1. The molecule has 6 nitrogen and oxygen atoms in total. The third kappa shape index (κ3) is 2.80. The van der Waals surface area contributed by atoms with Crippen LogP contribution in [-0.2, 0) is 0 Å². The van der Waals surface area contributed by atoms with Crippen LogP contribution in [0.15, 0.2) is 54.6 Å². The first-order valence-corrected chi connectivity index (χ1v) is 6.79. The lowest BCUT2D eigenvalue weighted by atomic mass is 10.1. The summed E-state index contributed by atoms with van der Waals surface area (Å²) in [6.45, 7) is 1.96. The third-order valence-corrected chi connectivity index (χ3v) is 3.17. The molecule has 0 bridgehead atoms. The van der Waals surface area contributed by atoms with Gasteiger partial charge in [0.25, 0.3) is 11.9 Å². The van der Waals surface area contributed by atoms with Gasteiger partial charge in [0.2, 0.25) is 5.95 Å². The van der Waals surface area contributed by atoms with E-state index in [1.54, 1.807) is 12.1 Å². The van der Waals surface area contributed by atoms with Crippen molar-refractivity contribution in [1.82, 2.24) is 14.8 Å². The first kappa shape index (κ1) is 13.8. The molecule has 0 saturated heterocycles. The highest BCUT2D eigenvalue weighted by Gasteiger charge is 2.12. The molecule has 0 aliphatic carbocycles. The van der Waals surface area contributed by atoms with Gasteiger partial charge in [-0.25, -0.2) is 0 Å². The Kier molecular flexibility index (Phi) is 3.57. The number of hydrogen-bond donors (Lipinski definition) is 2. The number of benzene rings is 2. The van der Waals surface area contributed by atoms with Crippen molar-refractivity contribution in [3.8, 4) is 5.69 Å². The topological polar surface area (TPSA) is 85.8 Å². The maximum absolute atomic E-state index is 12.1. The minimum absolute atomic E-state index is 0.173. The van der Waals surface area contributed by atoms with Crippen molar-refractivity contribution in [3.63, 3.8) is 0 Å². The lowest BCUT2D eigenvalue weighted by Gasteiger charge is -2.02. The summed E-state index contributed by atoms with van der Waals surface area (Å²) in [5.74, 6) is 0.113. The summed E-state index contributed by atoms with van der Waals surface area (Å²) in [6.07, 6.45) is 0. The number of aryl methyl sites for hydroxylation is 1. The lowest BCUT2D eigenvalue weighted by molar-refractivity contribution is 0.102. The monoisotopic (exact) mass is 293 g/mol. The van der Waals surface area contributed by atoms with Crippen LogP contribution in [0.5, 0.6) is 0 Å². The summed E-state index contributed by atoms with van der Waals surface area (Å²) in [7, 11) is 0. The molecule has 0 fully saturated rings. The molecular formula is C16H15N5O. The van der Waals surface area contributed by atoms with Crippen molar-refractivity contribution < 1.29 is 4.79 Å². The number of para-hydroxylation sites is 1. The van der Waals surface area contributed by atoms with Crippen LogP contribution in [0.1, 0.15) is 15.9 Å². The smallest absolute Gasteiger partial charge is 0.258 e. The van der Waals surface area contributed by atoms with Gasteiger partial charge in [-0.15, -0.1) is 5.10 Å². The SMILES string of the molecule is Cc1ccc(C(=O)Nc2nc(N)n(-c3ccccc3)n2)cc1. The summed E-state index contributed by atoms with van der Waals surface area (Å²) in [5, 5.41) is 6.86. The summed E-state index contributed by atoms with van der Waals surface area (Å²) in [6, 6.07) is 16.6. The predicted molar refractivity (Wildman–Crippen MR) is 84.9 cm³/mol. The van der Waals surface area contributed by atoms with Crippen LogP contribution >= 0.6 is 0 Å². The van der Waals surface area contributed by atoms with Gasteiger partial charge < -0.3 is 5.73 Å². The van der Waals surface area contributed by atoms with Gasteiger partial charge in [-0.2, -0.15) is 9.67 Å². The van der Waals surface area contributed by atoms with E-state index in [4.69, 9.17) is 5.73 Å². The highest BCUT2D eigenvalue weighted by Crippen LogP contribution is 2.14. The van der Waals surface area contributed by atoms with Crippen molar-refractivity contribution in [1.29, 1.82) is 0 Å². The maximum Gasteiger partial charge on any atom is 0.258 e. The standard InChI is InChI=1S/C16H15N5O/c1-11-7-9-12(10-8-11)14(22)18-16-19-15(17)21(20-16)13-5-3-2-4-6-13/h2-10H,1H3,(H3,17,18,19,20,22). The van der Waals surface area contributed by atoms with Crippen LogP contribution < -0.4 is 11.1 Å². The van der Waals surface area contributed by atoms with E-state index in [-0.39, 0.29) is 17.8 Å². The molecule has 0 unspecified atom stereocenters. The number of nitrogen functional groups attached to an aromatic ring is 1. The Bertz CT molecular complexity index is 793. The number of rotatable bonds is 3. The lowest BCUT2D eigenvalue weighted by Crippen LogP contribution is -2.13. The Morgan fingerprint density at radius 1 is 1.09 bits per heavy atom. The van der Waals surface area contributed by atoms with Crippen LogP contribution in [0.2, 0.25) is 0 Å². The predicted octanol–water partition coefficient (Wildman–Crippen LogP) is 2.41. The molecule has 3 N–H and O–H groups in total. The van der Waals surface area contributed by atoms with E-state index in [0.29, 0.717) is 5.56 Å². The summed E-state index contributed by atoms with van der Waals surface area (Å²) >= 11 is 0. The molecule has 110 valence electrons. The Labute approximate surface area is 127 Å². The Balaban J connectivity index is 1.82. The third-order valence-electron chi connectivity index (χ3n) is 3.17. The van der Waals surface area contributed by atoms with Crippen LogP contribution in [-0.4, -0.2) is 20.7 Å². The molecule has 0 aliphatic rings. The molecule has 0 aliphatic heterocycles. The Morgan fingerprint density at radius 2 is 1.77 bits per heavy atom. The number of nitrogens with two attached hydrogens (primary N) is 1. The molecule has 1 amide bonds. The van der Waals surface area contributed by atoms with Gasteiger partial charge in [0.15, 0.2) is 0 Å². The van der Waals surface area contributed by atoms with E-state index < -0.39 is 0 Å². The molecule has 3 rings (SSSR count). The van der Waals surface area contributed by atoms with Crippen LogP contribution in [0, 0.1) is 6.92 Å².